The minimum absolute atomic E-state index is 0.0497. The van der Waals surface area contributed by atoms with Crippen LogP contribution in [0.25, 0.3) is 0 Å². The molecule has 0 bridgehead atoms. The van der Waals surface area contributed by atoms with E-state index >= 15 is 0 Å². The largest absolute Gasteiger partial charge is 0.360 e. The van der Waals surface area contributed by atoms with Gasteiger partial charge in [-0.15, -0.1) is 0 Å². The quantitative estimate of drug-likeness (QED) is 0.630. The molecule has 0 atom stereocenters. The lowest BCUT2D eigenvalue weighted by Gasteiger charge is -2.42. The molecule has 0 radical (unpaired) electrons. The Bertz CT molecular complexity index is 299. The molecule has 4 nitrogen and oxygen atoms in total. The highest BCUT2D eigenvalue weighted by atomic mass is 32.1. The molecule has 15 heavy (non-hydrogen) atoms. The summed E-state index contributed by atoms with van der Waals surface area (Å²) in [6.07, 6.45) is 2.39. The maximum absolute atomic E-state index is 11.7. The molecule has 5 heteroatoms. The van der Waals surface area contributed by atoms with Crippen LogP contribution in [-0.4, -0.2) is 40.6 Å². The lowest BCUT2D eigenvalue weighted by Crippen LogP contribution is -2.65. The summed E-state index contributed by atoms with van der Waals surface area (Å²) in [5.74, 6) is 0.0497. The fourth-order valence-electron chi connectivity index (χ4n) is 1.74. The second-order valence-electron chi connectivity index (χ2n) is 4.69. The first-order valence-electron chi connectivity index (χ1n) is 5.38. The molecule has 84 valence electrons. The fourth-order valence-corrected chi connectivity index (χ4v) is 2.22. The summed E-state index contributed by atoms with van der Waals surface area (Å²) in [5.41, 5.74) is -0.531. The van der Waals surface area contributed by atoms with Crippen LogP contribution in [0.15, 0.2) is 0 Å². The van der Waals surface area contributed by atoms with Crippen molar-refractivity contribution in [1.29, 1.82) is 0 Å². The van der Waals surface area contributed by atoms with Crippen molar-refractivity contribution in [3.8, 4) is 0 Å². The molecule has 1 aliphatic carbocycles. The number of thiocarbonyl (C=S) groups is 1. The van der Waals surface area contributed by atoms with Crippen molar-refractivity contribution in [1.82, 2.24) is 15.5 Å². The third-order valence-electron chi connectivity index (χ3n) is 3.00. The minimum Gasteiger partial charge on any atom is -0.360 e. The molecular formula is C10H17N3OS. The number of carbonyl (C=O) groups excluding carboxylic acids is 1. The number of piperazine rings is 1. The van der Waals surface area contributed by atoms with Gasteiger partial charge in [0.05, 0.1) is 0 Å². The Balaban J connectivity index is 2.04. The van der Waals surface area contributed by atoms with E-state index in [9.17, 15) is 4.79 Å². The van der Waals surface area contributed by atoms with Gasteiger partial charge in [-0.1, -0.05) is 0 Å². The summed E-state index contributed by atoms with van der Waals surface area (Å²) in [6.45, 7) is 5.27. The maximum Gasteiger partial charge on any atom is 0.245 e. The number of hydrogen-bond acceptors (Lipinski definition) is 2. The van der Waals surface area contributed by atoms with E-state index in [0.29, 0.717) is 12.6 Å². The number of nitrogens with one attached hydrogen (secondary N) is 2. The second kappa shape index (κ2) is 3.63. The molecule has 0 unspecified atom stereocenters. The van der Waals surface area contributed by atoms with E-state index < -0.39 is 5.54 Å². The number of rotatable bonds is 1. The molecule has 1 saturated heterocycles. The molecule has 1 saturated carbocycles. The van der Waals surface area contributed by atoms with Crippen molar-refractivity contribution in [2.75, 3.05) is 13.1 Å². The molecule has 2 N–H and O–H groups in total. The molecule has 2 rings (SSSR count). The number of nitrogens with zero attached hydrogens (tertiary/aromatic N) is 1. The van der Waals surface area contributed by atoms with Gasteiger partial charge in [0.25, 0.3) is 0 Å². The lowest BCUT2D eigenvalue weighted by atomic mass is 10.00. The molecule has 0 aromatic heterocycles. The lowest BCUT2D eigenvalue weighted by molar-refractivity contribution is -0.132. The van der Waals surface area contributed by atoms with Gasteiger partial charge in [0.2, 0.25) is 5.91 Å². The topological polar surface area (TPSA) is 44.4 Å². The van der Waals surface area contributed by atoms with E-state index in [2.05, 4.69) is 10.6 Å². The minimum atomic E-state index is -0.531. The second-order valence-corrected chi connectivity index (χ2v) is 5.08. The highest BCUT2D eigenvalue weighted by molar-refractivity contribution is 7.80. The number of carbonyl (C=O) groups is 1. The Kier molecular flexibility index (Phi) is 2.58. The van der Waals surface area contributed by atoms with Crippen molar-refractivity contribution in [2.45, 2.75) is 38.3 Å². The molecule has 0 spiro atoms. The SMILES string of the molecule is CC1(C)C(=O)NCCN1C(=S)NC1CC1. The fraction of sp³-hybridized carbons (Fsp3) is 0.800. The first-order chi connectivity index (χ1) is 7.01. The average Bonchev–Trinajstić information content (AvgIpc) is 2.93. The van der Waals surface area contributed by atoms with Crippen LogP contribution in [-0.2, 0) is 4.79 Å². The van der Waals surface area contributed by atoms with E-state index in [4.69, 9.17) is 12.2 Å². The average molecular weight is 227 g/mol. The van der Waals surface area contributed by atoms with Gasteiger partial charge in [0, 0.05) is 19.1 Å². The Morgan fingerprint density at radius 3 is 2.87 bits per heavy atom. The zero-order valence-corrected chi connectivity index (χ0v) is 9.99. The molecule has 1 heterocycles. The predicted octanol–water partition coefficient (Wildman–Crippen LogP) is 0.234. The third kappa shape index (κ3) is 2.07. The van der Waals surface area contributed by atoms with Gasteiger partial charge in [0.1, 0.15) is 5.54 Å². The highest BCUT2D eigenvalue weighted by Gasteiger charge is 2.39. The van der Waals surface area contributed by atoms with E-state index in [0.717, 1.165) is 11.7 Å². The summed E-state index contributed by atoms with van der Waals surface area (Å²) in [5, 5.41) is 6.85. The number of hydrogen-bond donors (Lipinski definition) is 2. The molecule has 2 fully saturated rings. The third-order valence-corrected chi connectivity index (χ3v) is 3.34. The van der Waals surface area contributed by atoms with Crippen molar-refractivity contribution >= 4 is 23.2 Å². The summed E-state index contributed by atoms with van der Waals surface area (Å²) in [4.78, 5) is 13.7. The van der Waals surface area contributed by atoms with Crippen molar-refractivity contribution in [3.05, 3.63) is 0 Å². The Morgan fingerprint density at radius 1 is 1.60 bits per heavy atom. The van der Waals surface area contributed by atoms with Crippen LogP contribution in [0.3, 0.4) is 0 Å². The van der Waals surface area contributed by atoms with E-state index in [1.165, 1.54) is 12.8 Å². The molecular weight excluding hydrogens is 210 g/mol. The highest BCUT2D eigenvalue weighted by Crippen LogP contribution is 2.22. The summed E-state index contributed by atoms with van der Waals surface area (Å²) in [6, 6.07) is 0.540. The molecule has 0 aromatic rings. The van der Waals surface area contributed by atoms with Crippen LogP contribution < -0.4 is 10.6 Å². The van der Waals surface area contributed by atoms with E-state index in [1.54, 1.807) is 0 Å². The van der Waals surface area contributed by atoms with Crippen LogP contribution in [0.5, 0.6) is 0 Å². The van der Waals surface area contributed by atoms with Gasteiger partial charge in [-0.2, -0.15) is 0 Å². The smallest absolute Gasteiger partial charge is 0.245 e. The van der Waals surface area contributed by atoms with Gasteiger partial charge in [-0.25, -0.2) is 0 Å². The molecule has 1 amide bonds. The number of amides is 1. The zero-order chi connectivity index (χ0) is 11.1. The Labute approximate surface area is 95.4 Å². The monoisotopic (exact) mass is 227 g/mol. The molecule has 0 aromatic carbocycles. The van der Waals surface area contributed by atoms with Gasteiger partial charge >= 0.3 is 0 Å². The van der Waals surface area contributed by atoms with Crippen LogP contribution >= 0.6 is 12.2 Å². The Morgan fingerprint density at radius 2 is 2.27 bits per heavy atom. The molecule has 1 aliphatic heterocycles. The van der Waals surface area contributed by atoms with Crippen LogP contribution in [0.4, 0.5) is 0 Å². The predicted molar refractivity (Wildman–Crippen MR) is 62.6 cm³/mol. The van der Waals surface area contributed by atoms with Gasteiger partial charge in [0.15, 0.2) is 5.11 Å². The maximum atomic E-state index is 11.7. The summed E-state index contributed by atoms with van der Waals surface area (Å²) >= 11 is 5.33. The van der Waals surface area contributed by atoms with Gasteiger partial charge in [-0.3, -0.25) is 4.79 Å². The van der Waals surface area contributed by atoms with Crippen LogP contribution in [0.1, 0.15) is 26.7 Å². The standard InChI is InChI=1S/C10H17N3OS/c1-10(2)8(14)11-5-6-13(10)9(15)12-7-3-4-7/h7H,3-6H2,1-2H3,(H,11,14)(H,12,15). The van der Waals surface area contributed by atoms with Crippen molar-refractivity contribution < 1.29 is 4.79 Å². The van der Waals surface area contributed by atoms with Crippen molar-refractivity contribution in [3.63, 3.8) is 0 Å². The van der Waals surface area contributed by atoms with E-state index in [-0.39, 0.29) is 5.91 Å². The normalized spacial score (nSPS) is 24.7. The molecule has 2 aliphatic rings. The Hall–Kier alpha value is -0.840. The first kappa shape index (κ1) is 10.7. The summed E-state index contributed by atoms with van der Waals surface area (Å²) in [7, 11) is 0. The van der Waals surface area contributed by atoms with Gasteiger partial charge < -0.3 is 15.5 Å². The van der Waals surface area contributed by atoms with Crippen molar-refractivity contribution in [2.24, 2.45) is 0 Å². The van der Waals surface area contributed by atoms with Crippen LogP contribution in [0.2, 0.25) is 0 Å². The first-order valence-corrected chi connectivity index (χ1v) is 5.79. The van der Waals surface area contributed by atoms with E-state index in [1.807, 2.05) is 18.7 Å². The summed E-state index contributed by atoms with van der Waals surface area (Å²) < 4.78 is 0. The van der Waals surface area contributed by atoms with Gasteiger partial charge in [-0.05, 0) is 38.9 Å². The van der Waals surface area contributed by atoms with Crippen LogP contribution in [0, 0.1) is 0 Å². The zero-order valence-electron chi connectivity index (χ0n) is 9.17.